The Morgan fingerprint density at radius 1 is 1.27 bits per heavy atom. The molecule has 0 atom stereocenters. The molecule has 4 aromatic rings. The van der Waals surface area contributed by atoms with Crippen LogP contribution in [-0.4, -0.2) is 33.3 Å². The fourth-order valence-electron chi connectivity index (χ4n) is 3.72. The van der Waals surface area contributed by atoms with Crippen molar-refractivity contribution in [1.82, 2.24) is 14.5 Å². The van der Waals surface area contributed by atoms with Crippen molar-refractivity contribution in [2.45, 2.75) is 24.0 Å². The third-order valence-corrected chi connectivity index (χ3v) is 6.71. The first-order chi connectivity index (χ1) is 16.0. The minimum atomic E-state index is -0.213. The Morgan fingerprint density at radius 3 is 2.76 bits per heavy atom. The summed E-state index contributed by atoms with van der Waals surface area (Å²) < 4.78 is 6.86. The van der Waals surface area contributed by atoms with Crippen LogP contribution in [0.4, 0.5) is 5.69 Å². The van der Waals surface area contributed by atoms with Gasteiger partial charge in [-0.1, -0.05) is 53.7 Å². The van der Waals surface area contributed by atoms with E-state index in [1.807, 2.05) is 36.5 Å². The highest BCUT2D eigenvalue weighted by Crippen LogP contribution is 2.38. The Morgan fingerprint density at radius 2 is 2.06 bits per heavy atom. The number of hydrogen-bond donors (Lipinski definition) is 2. The number of nitrogens with one attached hydrogen (secondary N) is 2. The van der Waals surface area contributed by atoms with Gasteiger partial charge in [0.05, 0.1) is 17.9 Å². The van der Waals surface area contributed by atoms with E-state index in [0.717, 1.165) is 24.0 Å². The largest absolute Gasteiger partial charge is 0.495 e. The highest BCUT2D eigenvalue weighted by molar-refractivity contribution is 7.99. The predicted octanol–water partition coefficient (Wildman–Crippen LogP) is 5.12. The van der Waals surface area contributed by atoms with Crippen LogP contribution in [0, 0.1) is 0 Å². The molecule has 7 nitrogen and oxygen atoms in total. The lowest BCUT2D eigenvalue weighted by Crippen LogP contribution is -2.23. The zero-order chi connectivity index (χ0) is 22.9. The van der Waals surface area contributed by atoms with Gasteiger partial charge >= 0.3 is 0 Å². The van der Waals surface area contributed by atoms with Crippen LogP contribution in [0.1, 0.15) is 18.9 Å². The number of carbonyl (C=O) groups is 1. The van der Waals surface area contributed by atoms with Gasteiger partial charge in [0.15, 0.2) is 5.16 Å². The summed E-state index contributed by atoms with van der Waals surface area (Å²) in [5, 5.41) is 3.80. The molecule has 9 heteroatoms. The third kappa shape index (κ3) is 4.36. The van der Waals surface area contributed by atoms with E-state index in [1.165, 1.54) is 18.9 Å². The average molecular weight is 481 g/mol. The van der Waals surface area contributed by atoms with E-state index in [-0.39, 0.29) is 23.3 Å². The van der Waals surface area contributed by atoms with Crippen LogP contribution >= 0.6 is 23.4 Å². The molecule has 0 bridgehead atoms. The number of H-pyrrole nitrogens is 1. The van der Waals surface area contributed by atoms with E-state index in [0.29, 0.717) is 32.6 Å². The van der Waals surface area contributed by atoms with Gasteiger partial charge in [0.2, 0.25) is 5.91 Å². The Bertz CT molecular complexity index is 1400. The molecule has 2 N–H and O–H groups in total. The second-order valence-electron chi connectivity index (χ2n) is 7.78. The van der Waals surface area contributed by atoms with Crippen molar-refractivity contribution in [2.75, 3.05) is 18.2 Å². The number of hydrogen-bond acceptors (Lipinski definition) is 5. The molecule has 5 rings (SSSR count). The number of anilines is 1. The summed E-state index contributed by atoms with van der Waals surface area (Å²) >= 11 is 7.40. The van der Waals surface area contributed by atoms with Gasteiger partial charge in [-0.2, -0.15) is 0 Å². The van der Waals surface area contributed by atoms with Gasteiger partial charge in [0.25, 0.3) is 5.56 Å². The second-order valence-corrected chi connectivity index (χ2v) is 9.13. The van der Waals surface area contributed by atoms with E-state index in [2.05, 4.69) is 10.3 Å². The van der Waals surface area contributed by atoms with E-state index < -0.39 is 0 Å². The fraction of sp³-hybridized carbons (Fsp3) is 0.208. The SMILES string of the molecule is COc1ccc(NC(=O)CSc2nc3c(-c4ccccc4)c[nH]c3c(=O)n2C2CC2)cc1Cl. The number of fused-ring (bicyclic) bond motifs is 1. The molecule has 1 amide bonds. The molecule has 168 valence electrons. The van der Waals surface area contributed by atoms with Crippen LogP contribution in [0.15, 0.2) is 64.7 Å². The summed E-state index contributed by atoms with van der Waals surface area (Å²) in [6.07, 6.45) is 3.69. The first kappa shape index (κ1) is 21.6. The first-order valence-corrected chi connectivity index (χ1v) is 11.9. The first-order valence-electron chi connectivity index (χ1n) is 10.5. The fourth-order valence-corrected chi connectivity index (χ4v) is 4.83. The molecule has 0 aliphatic heterocycles. The lowest BCUT2D eigenvalue weighted by atomic mass is 10.1. The highest BCUT2D eigenvalue weighted by atomic mass is 35.5. The maximum absolute atomic E-state index is 13.3. The quantitative estimate of drug-likeness (QED) is 0.283. The zero-order valence-electron chi connectivity index (χ0n) is 17.8. The minimum absolute atomic E-state index is 0.102. The van der Waals surface area contributed by atoms with Crippen LogP contribution in [0.3, 0.4) is 0 Å². The van der Waals surface area contributed by atoms with Crippen molar-refractivity contribution in [3.8, 4) is 16.9 Å². The molecular weight excluding hydrogens is 460 g/mol. The number of thioether (sulfide) groups is 1. The van der Waals surface area contributed by atoms with Gasteiger partial charge in [0, 0.05) is 23.5 Å². The number of aromatic nitrogens is 3. The molecule has 0 radical (unpaired) electrons. The number of benzene rings is 2. The number of amides is 1. The normalized spacial score (nSPS) is 13.3. The number of methoxy groups -OCH3 is 1. The van der Waals surface area contributed by atoms with E-state index in [9.17, 15) is 9.59 Å². The van der Waals surface area contributed by atoms with Gasteiger partial charge in [0.1, 0.15) is 16.8 Å². The monoisotopic (exact) mass is 480 g/mol. The summed E-state index contributed by atoms with van der Waals surface area (Å²) in [7, 11) is 1.53. The Labute approximate surface area is 199 Å². The Kier molecular flexibility index (Phi) is 5.86. The molecule has 0 unspecified atom stereocenters. The van der Waals surface area contributed by atoms with Crippen molar-refractivity contribution < 1.29 is 9.53 Å². The molecule has 0 spiro atoms. The minimum Gasteiger partial charge on any atom is -0.495 e. The third-order valence-electron chi connectivity index (χ3n) is 5.46. The summed E-state index contributed by atoms with van der Waals surface area (Å²) in [5.74, 6) is 0.436. The maximum atomic E-state index is 13.3. The van der Waals surface area contributed by atoms with E-state index in [1.54, 1.807) is 22.8 Å². The number of ether oxygens (including phenoxy) is 1. The lowest BCUT2D eigenvalue weighted by molar-refractivity contribution is -0.113. The average Bonchev–Trinajstić information content (AvgIpc) is 3.56. The summed E-state index contributed by atoms with van der Waals surface area (Å²) in [6, 6.07) is 15.0. The van der Waals surface area contributed by atoms with Crippen LogP contribution in [0.25, 0.3) is 22.2 Å². The molecule has 2 heterocycles. The molecule has 1 aliphatic carbocycles. The molecule has 2 aromatic heterocycles. The Hall–Kier alpha value is -3.23. The zero-order valence-corrected chi connectivity index (χ0v) is 19.4. The summed E-state index contributed by atoms with van der Waals surface area (Å²) in [6.45, 7) is 0. The standard InChI is InChI=1S/C24H21ClN4O3S/c1-32-19-10-7-15(11-18(19)25)27-20(30)13-33-24-28-21-17(14-5-3-2-4-6-14)12-26-22(21)23(31)29(24)16-8-9-16/h2-7,10-12,16,26H,8-9,13H2,1H3,(H,27,30). The van der Waals surface area contributed by atoms with Crippen molar-refractivity contribution in [1.29, 1.82) is 0 Å². The maximum Gasteiger partial charge on any atom is 0.278 e. The number of halogens is 1. The molecule has 0 saturated heterocycles. The summed E-state index contributed by atoms with van der Waals surface area (Å²) in [5.41, 5.74) is 3.42. The van der Waals surface area contributed by atoms with Gasteiger partial charge < -0.3 is 15.0 Å². The van der Waals surface area contributed by atoms with Gasteiger partial charge in [-0.25, -0.2) is 4.98 Å². The van der Waals surface area contributed by atoms with Crippen molar-refractivity contribution in [2.24, 2.45) is 0 Å². The molecule has 1 aliphatic rings. The van der Waals surface area contributed by atoms with Gasteiger partial charge in [-0.3, -0.25) is 14.2 Å². The number of carbonyl (C=O) groups excluding carboxylic acids is 1. The van der Waals surface area contributed by atoms with Gasteiger partial charge in [-0.15, -0.1) is 0 Å². The van der Waals surface area contributed by atoms with E-state index in [4.69, 9.17) is 21.3 Å². The predicted molar refractivity (Wildman–Crippen MR) is 131 cm³/mol. The molecule has 1 fully saturated rings. The van der Waals surface area contributed by atoms with Gasteiger partial charge in [-0.05, 0) is 36.6 Å². The lowest BCUT2D eigenvalue weighted by Gasteiger charge is -2.12. The topological polar surface area (TPSA) is 89.0 Å². The van der Waals surface area contributed by atoms with Crippen LogP contribution in [0.2, 0.25) is 5.02 Å². The van der Waals surface area contributed by atoms with Crippen molar-refractivity contribution in [3.63, 3.8) is 0 Å². The number of aromatic amines is 1. The van der Waals surface area contributed by atoms with Crippen LogP contribution in [0.5, 0.6) is 5.75 Å². The Balaban J connectivity index is 1.42. The highest BCUT2D eigenvalue weighted by Gasteiger charge is 2.29. The molecular formula is C24H21ClN4O3S. The van der Waals surface area contributed by atoms with E-state index >= 15 is 0 Å². The number of rotatable bonds is 7. The van der Waals surface area contributed by atoms with Crippen molar-refractivity contribution >= 4 is 46.0 Å². The molecule has 2 aromatic carbocycles. The molecule has 1 saturated carbocycles. The molecule has 33 heavy (non-hydrogen) atoms. The van der Waals surface area contributed by atoms with Crippen LogP contribution < -0.4 is 15.6 Å². The second kappa shape index (κ2) is 8.96. The van der Waals surface area contributed by atoms with Crippen molar-refractivity contribution in [3.05, 3.63) is 70.1 Å². The number of nitrogens with zero attached hydrogens (tertiary/aromatic N) is 2. The smallest absolute Gasteiger partial charge is 0.278 e. The summed E-state index contributed by atoms with van der Waals surface area (Å²) in [4.78, 5) is 33.8. The van der Waals surface area contributed by atoms with Crippen LogP contribution in [-0.2, 0) is 4.79 Å².